The zero-order valence-corrected chi connectivity index (χ0v) is 35.1. The van der Waals surface area contributed by atoms with Gasteiger partial charge in [-0.2, -0.15) is 0 Å². The molecule has 0 aromatic rings. The summed E-state index contributed by atoms with van der Waals surface area (Å²) in [4.78, 5) is 12.2. The Morgan fingerprint density at radius 2 is 1.43 bits per heavy atom. The van der Waals surface area contributed by atoms with Crippen molar-refractivity contribution in [1.29, 1.82) is 0 Å². The lowest BCUT2D eigenvalue weighted by atomic mass is 9.43. The van der Waals surface area contributed by atoms with Crippen LogP contribution in [0.4, 0.5) is 0 Å². The van der Waals surface area contributed by atoms with Crippen molar-refractivity contribution in [3.05, 3.63) is 0 Å². The maximum Gasteiger partial charge on any atom is 0.308 e. The van der Waals surface area contributed by atoms with E-state index in [1.165, 1.54) is 7.11 Å². The van der Waals surface area contributed by atoms with Crippen molar-refractivity contribution in [1.82, 2.24) is 0 Å². The molecule has 0 bridgehead atoms. The number of esters is 1. The Morgan fingerprint density at radius 1 is 0.721 bits per heavy atom. The molecule has 9 aliphatic rings. The largest absolute Gasteiger partial charge is 0.462 e. The lowest BCUT2D eigenvalue weighted by Gasteiger charge is -2.63. The first-order valence-electron chi connectivity index (χ1n) is 22.3. The van der Waals surface area contributed by atoms with Crippen molar-refractivity contribution < 1.29 is 93.4 Å². The fraction of sp³-hybridized carbons (Fsp3) is 0.976. The minimum absolute atomic E-state index is 0.00811. The van der Waals surface area contributed by atoms with Crippen LogP contribution in [0.5, 0.6) is 0 Å². The quantitative estimate of drug-likeness (QED) is 0.0892. The van der Waals surface area contributed by atoms with Crippen molar-refractivity contribution in [2.24, 2.45) is 34.5 Å². The minimum atomic E-state index is -1.77. The molecule has 0 aromatic carbocycles. The molecule has 19 heteroatoms. The number of rotatable bonds is 9. The Bertz CT molecular complexity index is 1590. The fourth-order valence-corrected chi connectivity index (χ4v) is 13.9. The number of ether oxygens (including phenoxy) is 9. The molecule has 4 saturated carbocycles. The number of aliphatic hydroxyl groups excluding tert-OH is 8. The van der Waals surface area contributed by atoms with Crippen LogP contribution in [0.3, 0.4) is 0 Å². The number of fused-ring (bicyclic) bond motifs is 5. The Balaban J connectivity index is 0.811. The summed E-state index contributed by atoms with van der Waals surface area (Å²) >= 11 is 0. The van der Waals surface area contributed by atoms with Gasteiger partial charge in [-0.25, -0.2) is 0 Å². The maximum absolute atomic E-state index is 12.8. The lowest BCUT2D eigenvalue weighted by molar-refractivity contribution is -0.367. The number of methoxy groups -OCH3 is 1. The molecule has 61 heavy (non-hydrogen) atoms. The molecule has 5 saturated heterocycles. The molecule has 5 heterocycles. The van der Waals surface area contributed by atoms with Crippen LogP contribution in [0, 0.1) is 34.5 Å². The monoisotopic (exact) mass is 874 g/mol. The van der Waals surface area contributed by atoms with Gasteiger partial charge < -0.3 is 88.6 Å². The van der Waals surface area contributed by atoms with E-state index in [1.807, 2.05) is 0 Å². The third kappa shape index (κ3) is 7.07. The van der Waals surface area contributed by atoms with Crippen LogP contribution < -0.4 is 0 Å². The summed E-state index contributed by atoms with van der Waals surface area (Å²) in [6, 6.07) is 0. The van der Waals surface area contributed by atoms with Gasteiger partial charge >= 0.3 is 5.97 Å². The average molecular weight is 875 g/mol. The van der Waals surface area contributed by atoms with Gasteiger partial charge in [0.2, 0.25) is 0 Å². The van der Waals surface area contributed by atoms with Crippen LogP contribution in [-0.4, -0.2) is 195 Å². The second kappa shape index (κ2) is 16.6. The summed E-state index contributed by atoms with van der Waals surface area (Å²) in [6.07, 6.45) is -13.4. The van der Waals surface area contributed by atoms with Crippen LogP contribution in [-0.2, 0) is 47.4 Å². The first-order valence-corrected chi connectivity index (χ1v) is 22.3. The molecular weight excluding hydrogens is 808 g/mol. The third-order valence-corrected chi connectivity index (χ3v) is 17.3. The summed E-state index contributed by atoms with van der Waals surface area (Å²) < 4.78 is 53.3. The normalized spacial score (nSPS) is 57.0. The highest BCUT2D eigenvalue weighted by molar-refractivity contribution is 5.73. The van der Waals surface area contributed by atoms with Crippen LogP contribution >= 0.6 is 0 Å². The lowest BCUT2D eigenvalue weighted by Crippen LogP contribution is -2.65. The molecule has 5 aliphatic heterocycles. The summed E-state index contributed by atoms with van der Waals surface area (Å²) in [5, 5.41) is 96.9. The van der Waals surface area contributed by atoms with Crippen molar-refractivity contribution in [2.75, 3.05) is 33.5 Å². The van der Waals surface area contributed by atoms with E-state index in [2.05, 4.69) is 6.92 Å². The van der Waals surface area contributed by atoms with Gasteiger partial charge in [0.25, 0.3) is 0 Å². The molecular formula is C42H66O19. The van der Waals surface area contributed by atoms with Crippen LogP contribution in [0.25, 0.3) is 0 Å². The Labute approximate surface area is 354 Å². The molecule has 4 aliphatic carbocycles. The van der Waals surface area contributed by atoms with Gasteiger partial charge in [0.1, 0.15) is 79.4 Å². The molecule has 0 aromatic heterocycles. The molecule has 9 rings (SSSR count). The Hall–Kier alpha value is -1.21. The average Bonchev–Trinajstić information content (AvgIpc) is 3.89. The highest BCUT2D eigenvalue weighted by Gasteiger charge is 2.76. The van der Waals surface area contributed by atoms with Gasteiger partial charge in [0.15, 0.2) is 18.9 Å². The summed E-state index contributed by atoms with van der Waals surface area (Å²) in [5.74, 6) is 0.717. The standard InChI is InChI=1S/C42H66O19/c1-18-34(61-37-32(50)30(48)28(46)24(60-37)15-54-36-31(49)29(47)27(45)23(14-43)59-36)35(53-3)33(51)38(57-18)58-20-6-9-39(2)19(12-20)4-5-22-21(39)7-10-40-16-56-41(13-26(44)55-17-41)25(40)8-11-42(22,40)52/h18-25,27-38,43,45-52H,4-17H2,1-3H3. The van der Waals surface area contributed by atoms with E-state index >= 15 is 0 Å². The SMILES string of the molecule is COC1C(O)C(OC2CCC3(C)C(CCC4C3CCC35COC6(COC(=O)C6)C3CCC45O)C2)OC(C)C1OC1OC(COC2OC(CO)C(O)C(O)C2O)C(O)C(O)C1O. The first-order chi connectivity index (χ1) is 29.0. The predicted octanol–water partition coefficient (Wildman–Crippen LogP) is -2.03. The summed E-state index contributed by atoms with van der Waals surface area (Å²) in [7, 11) is 1.39. The van der Waals surface area contributed by atoms with Crippen LogP contribution in [0.15, 0.2) is 0 Å². The molecule has 0 radical (unpaired) electrons. The van der Waals surface area contributed by atoms with Crippen molar-refractivity contribution in [2.45, 2.75) is 187 Å². The highest BCUT2D eigenvalue weighted by Crippen LogP contribution is 2.73. The molecule has 24 atom stereocenters. The molecule has 24 unspecified atom stereocenters. The minimum Gasteiger partial charge on any atom is -0.462 e. The van der Waals surface area contributed by atoms with E-state index in [9.17, 15) is 50.8 Å². The summed E-state index contributed by atoms with van der Waals surface area (Å²) in [5.41, 5.74) is -1.82. The zero-order valence-electron chi connectivity index (χ0n) is 35.1. The van der Waals surface area contributed by atoms with Crippen LogP contribution in [0.1, 0.15) is 78.1 Å². The van der Waals surface area contributed by atoms with Gasteiger partial charge in [0.05, 0.1) is 44.1 Å². The number of cyclic esters (lactones) is 1. The van der Waals surface area contributed by atoms with E-state index < -0.39 is 117 Å². The van der Waals surface area contributed by atoms with Gasteiger partial charge in [-0.05, 0) is 87.9 Å². The molecule has 348 valence electrons. The first kappa shape index (κ1) is 45.0. The molecule has 9 N–H and O–H groups in total. The van der Waals surface area contributed by atoms with Crippen molar-refractivity contribution in [3.63, 3.8) is 0 Å². The topological polar surface area (TPSA) is 282 Å². The van der Waals surface area contributed by atoms with Gasteiger partial charge in [0, 0.05) is 18.4 Å². The van der Waals surface area contributed by atoms with Crippen LogP contribution in [0.2, 0.25) is 0 Å². The number of hydrogen-bond acceptors (Lipinski definition) is 19. The van der Waals surface area contributed by atoms with Crippen molar-refractivity contribution in [3.8, 4) is 0 Å². The van der Waals surface area contributed by atoms with Gasteiger partial charge in [-0.1, -0.05) is 6.92 Å². The van der Waals surface area contributed by atoms with Gasteiger partial charge in [-0.15, -0.1) is 0 Å². The highest BCUT2D eigenvalue weighted by atomic mass is 16.8. The third-order valence-electron chi connectivity index (χ3n) is 17.3. The summed E-state index contributed by atoms with van der Waals surface area (Å²) in [6.45, 7) is 3.63. The Kier molecular flexibility index (Phi) is 12.2. The molecule has 19 nitrogen and oxygen atoms in total. The maximum atomic E-state index is 12.8. The predicted molar refractivity (Wildman–Crippen MR) is 203 cm³/mol. The second-order valence-corrected chi connectivity index (χ2v) is 20.0. The number of aliphatic hydroxyl groups is 9. The smallest absolute Gasteiger partial charge is 0.308 e. The van der Waals surface area contributed by atoms with E-state index in [0.29, 0.717) is 18.4 Å². The zero-order chi connectivity index (χ0) is 43.4. The number of carbonyl (C=O) groups is 1. The van der Waals surface area contributed by atoms with Crippen molar-refractivity contribution >= 4 is 5.97 Å². The fourth-order valence-electron chi connectivity index (χ4n) is 13.9. The Morgan fingerprint density at radius 3 is 2.13 bits per heavy atom. The van der Waals surface area contributed by atoms with E-state index in [-0.39, 0.29) is 47.8 Å². The molecule has 9 fully saturated rings. The van der Waals surface area contributed by atoms with E-state index in [0.717, 1.165) is 57.8 Å². The van der Waals surface area contributed by atoms with Gasteiger partial charge in [-0.3, -0.25) is 4.79 Å². The number of carbonyl (C=O) groups excluding carboxylic acids is 1. The molecule has 2 spiro atoms. The van der Waals surface area contributed by atoms with E-state index in [4.69, 9.17) is 42.6 Å². The second-order valence-electron chi connectivity index (χ2n) is 20.0. The number of hydrogen-bond donors (Lipinski definition) is 9. The molecule has 0 amide bonds. The van der Waals surface area contributed by atoms with E-state index in [1.54, 1.807) is 6.92 Å².